The molecule has 0 bridgehead atoms. The summed E-state index contributed by atoms with van der Waals surface area (Å²) in [6, 6.07) is 8.05. The Hall–Kier alpha value is -1.39. The zero-order chi connectivity index (χ0) is 15.4. The van der Waals surface area contributed by atoms with Gasteiger partial charge in [0.05, 0.1) is 0 Å². The van der Waals surface area contributed by atoms with Crippen LogP contribution in [0.4, 0.5) is 0 Å². The number of halogens is 1. The molecule has 2 aromatic rings. The van der Waals surface area contributed by atoms with E-state index >= 15 is 0 Å². The number of nitrogens with zero attached hydrogens (tertiary/aromatic N) is 1. The van der Waals surface area contributed by atoms with Crippen LogP contribution in [0.25, 0.3) is 0 Å². The number of nitrogens with one attached hydrogen (secondary N) is 1. The molecule has 21 heavy (non-hydrogen) atoms. The zero-order valence-corrected chi connectivity index (χ0v) is 14.5. The lowest BCUT2D eigenvalue weighted by atomic mass is 10.1. The maximum atomic E-state index is 6.03. The van der Waals surface area contributed by atoms with Crippen LogP contribution < -0.4 is 10.1 Å². The predicted molar refractivity (Wildman–Crippen MR) is 90.0 cm³/mol. The quantitative estimate of drug-likeness (QED) is 0.852. The Bertz CT molecular complexity index is 641. The van der Waals surface area contributed by atoms with Gasteiger partial charge >= 0.3 is 0 Å². The van der Waals surface area contributed by atoms with Gasteiger partial charge in [0.1, 0.15) is 5.75 Å². The van der Waals surface area contributed by atoms with Crippen LogP contribution in [0.15, 0.2) is 28.7 Å². The zero-order valence-electron chi connectivity index (χ0n) is 13.0. The first-order chi connectivity index (χ1) is 10.0. The molecule has 0 spiro atoms. The van der Waals surface area contributed by atoms with E-state index in [4.69, 9.17) is 4.74 Å². The van der Waals surface area contributed by atoms with Crippen molar-refractivity contribution in [2.75, 3.05) is 6.54 Å². The van der Waals surface area contributed by atoms with Crippen LogP contribution in [0.1, 0.15) is 29.3 Å². The molecular weight excluding hydrogens is 328 g/mol. The van der Waals surface area contributed by atoms with E-state index in [2.05, 4.69) is 46.1 Å². The van der Waals surface area contributed by atoms with E-state index in [1.165, 1.54) is 5.56 Å². The molecule has 0 saturated carbocycles. The first kappa shape index (κ1) is 16.0. The van der Waals surface area contributed by atoms with E-state index in [9.17, 15) is 0 Å². The summed E-state index contributed by atoms with van der Waals surface area (Å²) in [5, 5.41) is 3.34. The number of ether oxygens (including phenoxy) is 1. The summed E-state index contributed by atoms with van der Waals surface area (Å²) >= 11 is 3.51. The highest BCUT2D eigenvalue weighted by molar-refractivity contribution is 9.10. The van der Waals surface area contributed by atoms with Gasteiger partial charge in [-0.05, 0) is 62.7 Å². The molecule has 4 heteroatoms. The van der Waals surface area contributed by atoms with E-state index < -0.39 is 0 Å². The van der Waals surface area contributed by atoms with Gasteiger partial charge in [-0.15, -0.1) is 0 Å². The average Bonchev–Trinajstić information content (AvgIpc) is 2.42. The topological polar surface area (TPSA) is 34.2 Å². The third-order valence-corrected chi connectivity index (χ3v) is 4.22. The fourth-order valence-corrected chi connectivity index (χ4v) is 2.42. The van der Waals surface area contributed by atoms with Crippen LogP contribution in [0, 0.1) is 20.8 Å². The van der Waals surface area contributed by atoms with Crippen LogP contribution >= 0.6 is 15.9 Å². The first-order valence-corrected chi connectivity index (χ1v) is 7.92. The van der Waals surface area contributed by atoms with Gasteiger partial charge in [0.25, 0.3) is 0 Å². The van der Waals surface area contributed by atoms with Gasteiger partial charge in [-0.3, -0.25) is 0 Å². The molecule has 1 aromatic heterocycles. The van der Waals surface area contributed by atoms with Crippen molar-refractivity contribution in [2.45, 2.75) is 34.2 Å². The van der Waals surface area contributed by atoms with E-state index in [0.717, 1.165) is 40.1 Å². The first-order valence-electron chi connectivity index (χ1n) is 7.13. The second-order valence-corrected chi connectivity index (χ2v) is 6.01. The Kier molecular flexibility index (Phi) is 5.37. The number of aryl methyl sites for hydroxylation is 3. The largest absolute Gasteiger partial charge is 0.439 e. The van der Waals surface area contributed by atoms with Crippen molar-refractivity contribution in [1.82, 2.24) is 10.3 Å². The predicted octanol–water partition coefficient (Wildman–Crippen LogP) is 4.67. The Morgan fingerprint density at radius 3 is 2.57 bits per heavy atom. The minimum Gasteiger partial charge on any atom is -0.439 e. The Labute approximate surface area is 134 Å². The van der Waals surface area contributed by atoms with Gasteiger partial charge in [-0.25, -0.2) is 4.98 Å². The van der Waals surface area contributed by atoms with Crippen LogP contribution in [0.3, 0.4) is 0 Å². The molecule has 112 valence electrons. The molecule has 0 unspecified atom stereocenters. The molecule has 3 nitrogen and oxygen atoms in total. The van der Waals surface area contributed by atoms with Crippen molar-refractivity contribution < 1.29 is 4.74 Å². The molecule has 2 rings (SSSR count). The summed E-state index contributed by atoms with van der Waals surface area (Å²) < 4.78 is 7.11. The summed E-state index contributed by atoms with van der Waals surface area (Å²) in [4.78, 5) is 4.56. The Morgan fingerprint density at radius 2 is 1.90 bits per heavy atom. The van der Waals surface area contributed by atoms with E-state index in [0.29, 0.717) is 5.88 Å². The van der Waals surface area contributed by atoms with Crippen molar-refractivity contribution in [3.63, 3.8) is 0 Å². The lowest BCUT2D eigenvalue weighted by Crippen LogP contribution is -2.14. The Morgan fingerprint density at radius 1 is 1.14 bits per heavy atom. The number of rotatable bonds is 5. The number of aromatic nitrogens is 1. The molecule has 1 heterocycles. The maximum absolute atomic E-state index is 6.03. The Balaban J connectivity index is 2.35. The van der Waals surface area contributed by atoms with Crippen molar-refractivity contribution in [3.8, 4) is 11.6 Å². The summed E-state index contributed by atoms with van der Waals surface area (Å²) in [6.45, 7) is 9.91. The van der Waals surface area contributed by atoms with Gasteiger partial charge in [0.15, 0.2) is 0 Å². The SMILES string of the molecule is CCNCc1c(C)cc(C)nc1Oc1ccc(Br)c(C)c1. The van der Waals surface area contributed by atoms with Crippen LogP contribution in [0.2, 0.25) is 0 Å². The standard InChI is InChI=1S/C17H21BrN2O/c1-5-19-10-15-11(2)8-13(4)20-17(15)21-14-6-7-16(18)12(3)9-14/h6-9,19H,5,10H2,1-4H3. The molecule has 0 radical (unpaired) electrons. The third kappa shape index (κ3) is 4.05. The van der Waals surface area contributed by atoms with Gasteiger partial charge in [-0.2, -0.15) is 0 Å². The van der Waals surface area contributed by atoms with Crippen LogP contribution in [-0.2, 0) is 6.54 Å². The highest BCUT2D eigenvalue weighted by atomic mass is 79.9. The van der Waals surface area contributed by atoms with E-state index in [-0.39, 0.29) is 0 Å². The fraction of sp³-hybridized carbons (Fsp3) is 0.353. The molecule has 0 aliphatic carbocycles. The van der Waals surface area contributed by atoms with Crippen LogP contribution in [0.5, 0.6) is 11.6 Å². The minimum absolute atomic E-state index is 0.690. The van der Waals surface area contributed by atoms with Gasteiger partial charge in [0, 0.05) is 22.3 Å². The average molecular weight is 349 g/mol. The van der Waals surface area contributed by atoms with Crippen molar-refractivity contribution in [3.05, 3.63) is 51.1 Å². The number of pyridine rings is 1. The van der Waals surface area contributed by atoms with Crippen molar-refractivity contribution in [1.29, 1.82) is 0 Å². The second-order valence-electron chi connectivity index (χ2n) is 5.16. The molecule has 1 aromatic carbocycles. The monoisotopic (exact) mass is 348 g/mol. The second kappa shape index (κ2) is 7.05. The van der Waals surface area contributed by atoms with Crippen molar-refractivity contribution >= 4 is 15.9 Å². The summed E-state index contributed by atoms with van der Waals surface area (Å²) in [7, 11) is 0. The molecule has 0 atom stereocenters. The van der Waals surface area contributed by atoms with Gasteiger partial charge in [-0.1, -0.05) is 22.9 Å². The fourth-order valence-electron chi connectivity index (χ4n) is 2.17. The maximum Gasteiger partial charge on any atom is 0.224 e. The molecule has 0 fully saturated rings. The lowest BCUT2D eigenvalue weighted by molar-refractivity contribution is 0.451. The highest BCUT2D eigenvalue weighted by Crippen LogP contribution is 2.29. The van der Waals surface area contributed by atoms with Gasteiger partial charge < -0.3 is 10.1 Å². The van der Waals surface area contributed by atoms with Crippen molar-refractivity contribution in [2.24, 2.45) is 0 Å². The molecule has 0 aliphatic rings. The lowest BCUT2D eigenvalue weighted by Gasteiger charge is -2.14. The van der Waals surface area contributed by atoms with Crippen LogP contribution in [-0.4, -0.2) is 11.5 Å². The van der Waals surface area contributed by atoms with E-state index in [1.54, 1.807) is 0 Å². The molecular formula is C17H21BrN2O. The molecule has 0 saturated heterocycles. The number of benzene rings is 1. The number of hydrogen-bond acceptors (Lipinski definition) is 3. The van der Waals surface area contributed by atoms with E-state index in [1.807, 2.05) is 32.0 Å². The molecule has 1 N–H and O–H groups in total. The summed E-state index contributed by atoms with van der Waals surface area (Å²) in [6.07, 6.45) is 0. The third-order valence-electron chi connectivity index (χ3n) is 3.33. The van der Waals surface area contributed by atoms with Gasteiger partial charge in [0.2, 0.25) is 5.88 Å². The molecule has 0 amide bonds. The number of hydrogen-bond donors (Lipinski definition) is 1. The normalized spacial score (nSPS) is 10.7. The smallest absolute Gasteiger partial charge is 0.224 e. The molecule has 0 aliphatic heterocycles. The summed E-state index contributed by atoms with van der Waals surface area (Å²) in [5.41, 5.74) is 4.43. The minimum atomic E-state index is 0.690. The summed E-state index contributed by atoms with van der Waals surface area (Å²) in [5.74, 6) is 1.50. The highest BCUT2D eigenvalue weighted by Gasteiger charge is 2.11.